The smallest absolute Gasteiger partial charge is 0.134 e. The van der Waals surface area contributed by atoms with Crippen LogP contribution in [0.3, 0.4) is 0 Å². The van der Waals surface area contributed by atoms with Gasteiger partial charge in [0.05, 0.1) is 9.50 Å². The molecule has 0 radical (unpaired) electrons. The number of likely N-dealkylation sites (tertiary alicyclic amines) is 1. The van der Waals surface area contributed by atoms with Gasteiger partial charge in [0, 0.05) is 24.2 Å². The van der Waals surface area contributed by atoms with E-state index in [0.717, 1.165) is 28.1 Å². The third kappa shape index (κ3) is 3.90. The van der Waals surface area contributed by atoms with Crippen molar-refractivity contribution in [2.45, 2.75) is 19.4 Å². The molecule has 1 aliphatic rings. The van der Waals surface area contributed by atoms with Gasteiger partial charge in [0.15, 0.2) is 0 Å². The molecule has 0 aromatic heterocycles. The van der Waals surface area contributed by atoms with E-state index in [1.807, 2.05) is 18.2 Å². The molecule has 0 atom stereocenters. The summed E-state index contributed by atoms with van der Waals surface area (Å²) in [5, 5.41) is 0.359. The van der Waals surface area contributed by atoms with Crippen LogP contribution in [0.25, 0.3) is 0 Å². The van der Waals surface area contributed by atoms with Gasteiger partial charge in [-0.1, -0.05) is 29.9 Å². The van der Waals surface area contributed by atoms with Crippen LogP contribution in [-0.2, 0) is 6.61 Å². The van der Waals surface area contributed by atoms with E-state index in [1.54, 1.807) is 12.1 Å². The van der Waals surface area contributed by atoms with Gasteiger partial charge in [0.1, 0.15) is 23.2 Å². The highest BCUT2D eigenvalue weighted by molar-refractivity contribution is 9.10. The molecule has 2 aromatic carbocycles. The van der Waals surface area contributed by atoms with Crippen molar-refractivity contribution in [3.05, 3.63) is 62.8 Å². The average molecular weight is 429 g/mol. The van der Waals surface area contributed by atoms with Crippen LogP contribution in [0.4, 0.5) is 4.39 Å². The molecular formula is C18H16BrClFNOS. The van der Waals surface area contributed by atoms with Gasteiger partial charge >= 0.3 is 0 Å². The largest absolute Gasteiger partial charge is 0.488 e. The molecule has 1 fully saturated rings. The summed E-state index contributed by atoms with van der Waals surface area (Å²) >= 11 is 15.1. The van der Waals surface area contributed by atoms with Crippen molar-refractivity contribution < 1.29 is 9.13 Å². The lowest BCUT2D eigenvalue weighted by Crippen LogP contribution is -2.26. The molecular weight excluding hydrogens is 413 g/mol. The molecule has 1 heterocycles. The Bertz CT molecular complexity index is 744. The van der Waals surface area contributed by atoms with Crippen LogP contribution in [0.1, 0.15) is 24.0 Å². The Kier molecular flexibility index (Phi) is 5.74. The summed E-state index contributed by atoms with van der Waals surface area (Å²) in [5.74, 6) is 0.257. The van der Waals surface area contributed by atoms with E-state index in [0.29, 0.717) is 16.3 Å². The Morgan fingerprint density at radius 2 is 2.00 bits per heavy atom. The van der Waals surface area contributed by atoms with Crippen LogP contribution in [0, 0.1) is 5.82 Å². The highest BCUT2D eigenvalue weighted by Crippen LogP contribution is 2.29. The summed E-state index contributed by atoms with van der Waals surface area (Å²) in [7, 11) is 0. The van der Waals surface area contributed by atoms with Crippen LogP contribution in [0.15, 0.2) is 40.9 Å². The van der Waals surface area contributed by atoms with Crippen molar-refractivity contribution in [3.63, 3.8) is 0 Å². The Morgan fingerprint density at radius 3 is 2.67 bits per heavy atom. The Morgan fingerprint density at radius 1 is 1.25 bits per heavy atom. The molecule has 1 aliphatic heterocycles. The monoisotopic (exact) mass is 427 g/mol. The van der Waals surface area contributed by atoms with Gasteiger partial charge in [-0.2, -0.15) is 0 Å². The van der Waals surface area contributed by atoms with E-state index in [1.165, 1.54) is 18.9 Å². The van der Waals surface area contributed by atoms with Gasteiger partial charge in [0.2, 0.25) is 0 Å². The maximum Gasteiger partial charge on any atom is 0.134 e. The predicted molar refractivity (Wildman–Crippen MR) is 102 cm³/mol. The summed E-state index contributed by atoms with van der Waals surface area (Å²) in [6.07, 6.45) is 2.37. The first-order chi connectivity index (χ1) is 11.6. The van der Waals surface area contributed by atoms with Gasteiger partial charge in [0.25, 0.3) is 0 Å². The molecule has 0 N–H and O–H groups in total. The quantitative estimate of drug-likeness (QED) is 0.589. The van der Waals surface area contributed by atoms with Crippen LogP contribution in [0.2, 0.25) is 5.02 Å². The SMILES string of the molecule is Fc1cccc(Cl)c1COc1ccc(C(=S)N2CCCC2)cc1Br. The molecule has 0 spiro atoms. The predicted octanol–water partition coefficient (Wildman–Crippen LogP) is 5.59. The van der Waals surface area contributed by atoms with Crippen molar-refractivity contribution in [1.82, 2.24) is 4.90 Å². The van der Waals surface area contributed by atoms with Crippen LogP contribution in [-0.4, -0.2) is 23.0 Å². The second-order valence-electron chi connectivity index (χ2n) is 5.63. The van der Waals surface area contributed by atoms with Crippen molar-refractivity contribution in [2.75, 3.05) is 13.1 Å². The summed E-state index contributed by atoms with van der Waals surface area (Å²) in [6.45, 7) is 2.10. The summed E-state index contributed by atoms with van der Waals surface area (Å²) in [6, 6.07) is 10.3. The van der Waals surface area contributed by atoms with E-state index in [4.69, 9.17) is 28.6 Å². The Balaban J connectivity index is 1.72. The van der Waals surface area contributed by atoms with E-state index in [9.17, 15) is 4.39 Å². The third-order valence-electron chi connectivity index (χ3n) is 4.01. The lowest BCUT2D eigenvalue weighted by atomic mass is 10.2. The van der Waals surface area contributed by atoms with Gasteiger partial charge < -0.3 is 9.64 Å². The molecule has 6 heteroatoms. The number of hydrogen-bond acceptors (Lipinski definition) is 2. The summed E-state index contributed by atoms with van der Waals surface area (Å²) in [5.41, 5.74) is 1.33. The molecule has 3 rings (SSSR count). The minimum Gasteiger partial charge on any atom is -0.488 e. The normalized spacial score (nSPS) is 14.0. The second-order valence-corrected chi connectivity index (χ2v) is 7.28. The molecule has 0 aliphatic carbocycles. The number of benzene rings is 2. The van der Waals surface area contributed by atoms with Crippen LogP contribution in [0.5, 0.6) is 5.75 Å². The van der Waals surface area contributed by atoms with Crippen LogP contribution < -0.4 is 4.74 Å². The van der Waals surface area contributed by atoms with Gasteiger partial charge in [-0.15, -0.1) is 0 Å². The lowest BCUT2D eigenvalue weighted by molar-refractivity contribution is 0.298. The number of halogens is 3. The molecule has 24 heavy (non-hydrogen) atoms. The first-order valence-corrected chi connectivity index (χ1v) is 9.28. The summed E-state index contributed by atoms with van der Waals surface area (Å²) in [4.78, 5) is 3.08. The number of thiocarbonyl (C=S) groups is 1. The zero-order valence-electron chi connectivity index (χ0n) is 12.9. The molecule has 0 saturated carbocycles. The number of rotatable bonds is 4. The summed E-state index contributed by atoms with van der Waals surface area (Å²) < 4.78 is 20.3. The van der Waals surface area contributed by atoms with Crippen molar-refractivity contribution in [1.29, 1.82) is 0 Å². The van der Waals surface area contributed by atoms with E-state index < -0.39 is 0 Å². The number of ether oxygens (including phenoxy) is 1. The fourth-order valence-electron chi connectivity index (χ4n) is 2.67. The Hall–Kier alpha value is -1.17. The fourth-order valence-corrected chi connectivity index (χ4v) is 3.69. The Labute approximate surface area is 159 Å². The minimum absolute atomic E-state index is 0.0695. The molecule has 0 unspecified atom stereocenters. The van der Waals surface area contributed by atoms with Crippen LogP contribution >= 0.6 is 39.7 Å². The van der Waals surface area contributed by atoms with Crippen molar-refractivity contribution in [3.8, 4) is 5.75 Å². The zero-order chi connectivity index (χ0) is 17.1. The van der Waals surface area contributed by atoms with E-state index in [2.05, 4.69) is 20.8 Å². The number of hydrogen-bond donors (Lipinski definition) is 0. The van der Waals surface area contributed by atoms with Gasteiger partial charge in [-0.3, -0.25) is 0 Å². The highest BCUT2D eigenvalue weighted by atomic mass is 79.9. The molecule has 1 saturated heterocycles. The zero-order valence-corrected chi connectivity index (χ0v) is 16.1. The lowest BCUT2D eigenvalue weighted by Gasteiger charge is -2.19. The van der Waals surface area contributed by atoms with Crippen molar-refractivity contribution >= 4 is 44.7 Å². The molecule has 0 amide bonds. The van der Waals surface area contributed by atoms with Gasteiger partial charge in [-0.05, 0) is 59.1 Å². The molecule has 126 valence electrons. The maximum absolute atomic E-state index is 13.8. The fraction of sp³-hybridized carbons (Fsp3) is 0.278. The first kappa shape index (κ1) is 17.6. The maximum atomic E-state index is 13.8. The molecule has 0 bridgehead atoms. The topological polar surface area (TPSA) is 12.5 Å². The average Bonchev–Trinajstić information content (AvgIpc) is 3.09. The minimum atomic E-state index is -0.370. The molecule has 2 aromatic rings. The highest BCUT2D eigenvalue weighted by Gasteiger charge is 2.17. The second kappa shape index (κ2) is 7.81. The first-order valence-electron chi connectivity index (χ1n) is 7.71. The van der Waals surface area contributed by atoms with E-state index >= 15 is 0 Å². The standard InChI is InChI=1S/C18H16BrClFNOS/c19-14-10-12(18(24)22-8-1-2-9-22)6-7-17(14)23-11-13-15(20)4-3-5-16(13)21/h3-7,10H,1-2,8-9,11H2. The van der Waals surface area contributed by atoms with E-state index in [-0.39, 0.29) is 12.4 Å². The number of nitrogens with zero attached hydrogens (tertiary/aromatic N) is 1. The van der Waals surface area contributed by atoms with Crippen molar-refractivity contribution in [2.24, 2.45) is 0 Å². The van der Waals surface area contributed by atoms with Gasteiger partial charge in [-0.25, -0.2) is 4.39 Å². The molecule has 2 nitrogen and oxygen atoms in total. The third-order valence-corrected chi connectivity index (χ3v) is 5.47.